The van der Waals surface area contributed by atoms with Crippen LogP contribution in [0.15, 0.2) is 18.2 Å². The molecule has 0 bridgehead atoms. The summed E-state index contributed by atoms with van der Waals surface area (Å²) in [7, 11) is 1.29. The first-order valence-electron chi connectivity index (χ1n) is 10.6. The van der Waals surface area contributed by atoms with Crippen molar-refractivity contribution in [1.29, 1.82) is 0 Å². The second-order valence-corrected chi connectivity index (χ2v) is 9.32. The van der Waals surface area contributed by atoms with E-state index in [1.807, 2.05) is 0 Å². The molecular formula is C22H25ClFNO9S. The Morgan fingerprint density at radius 2 is 1.69 bits per heavy atom. The fourth-order valence-electron chi connectivity index (χ4n) is 4.02. The van der Waals surface area contributed by atoms with Crippen LogP contribution in [0.1, 0.15) is 31.7 Å². The lowest BCUT2D eigenvalue weighted by atomic mass is 9.97. The Morgan fingerprint density at radius 1 is 1.09 bits per heavy atom. The zero-order valence-electron chi connectivity index (χ0n) is 19.4. The molecule has 192 valence electrons. The maximum Gasteiger partial charge on any atom is 0.303 e. The van der Waals surface area contributed by atoms with E-state index in [1.165, 1.54) is 42.0 Å². The van der Waals surface area contributed by atoms with Crippen LogP contribution in [-0.4, -0.2) is 78.8 Å². The molecule has 3 rings (SSSR count). The van der Waals surface area contributed by atoms with Gasteiger partial charge in [-0.3, -0.25) is 19.2 Å². The molecule has 2 aliphatic heterocycles. The third-order valence-corrected chi connectivity index (χ3v) is 6.87. The molecule has 35 heavy (non-hydrogen) atoms. The van der Waals surface area contributed by atoms with Gasteiger partial charge in [-0.2, -0.15) is 0 Å². The van der Waals surface area contributed by atoms with E-state index in [2.05, 4.69) is 0 Å². The van der Waals surface area contributed by atoms with E-state index in [1.54, 1.807) is 0 Å². The van der Waals surface area contributed by atoms with E-state index in [-0.39, 0.29) is 28.8 Å². The Bertz CT molecular complexity index is 975. The van der Waals surface area contributed by atoms with Gasteiger partial charge in [-0.25, -0.2) is 4.39 Å². The number of thioether (sulfide) groups is 1. The Labute approximate surface area is 210 Å². The summed E-state index contributed by atoms with van der Waals surface area (Å²) in [6, 6.07) is 4.21. The van der Waals surface area contributed by atoms with Crippen molar-refractivity contribution in [3.63, 3.8) is 0 Å². The highest BCUT2D eigenvalue weighted by Gasteiger charge is 2.53. The van der Waals surface area contributed by atoms with Crippen LogP contribution in [0.3, 0.4) is 0 Å². The van der Waals surface area contributed by atoms with E-state index in [0.717, 1.165) is 20.8 Å². The van der Waals surface area contributed by atoms with Crippen molar-refractivity contribution in [3.8, 4) is 0 Å². The van der Waals surface area contributed by atoms with Crippen molar-refractivity contribution >= 4 is 47.2 Å². The third kappa shape index (κ3) is 6.24. The number of nitrogens with zero attached hydrogens (tertiary/aromatic N) is 1. The summed E-state index contributed by atoms with van der Waals surface area (Å²) < 4.78 is 42.0. The summed E-state index contributed by atoms with van der Waals surface area (Å²) in [5, 5.41) is -0.636. The second kappa shape index (κ2) is 11.5. The average molecular weight is 534 g/mol. The predicted molar refractivity (Wildman–Crippen MR) is 121 cm³/mol. The van der Waals surface area contributed by atoms with Gasteiger partial charge >= 0.3 is 17.9 Å². The lowest BCUT2D eigenvalue weighted by Gasteiger charge is -2.45. The molecule has 0 aliphatic carbocycles. The Hall–Kier alpha value is -2.41. The highest BCUT2D eigenvalue weighted by atomic mass is 35.5. The first kappa shape index (κ1) is 27.2. The summed E-state index contributed by atoms with van der Waals surface area (Å²) in [4.78, 5) is 49.7. The number of rotatable bonds is 7. The van der Waals surface area contributed by atoms with Gasteiger partial charge in [-0.1, -0.05) is 17.7 Å². The molecular weight excluding hydrogens is 509 g/mol. The Balaban J connectivity index is 1.98. The smallest absolute Gasteiger partial charge is 0.303 e. The fourth-order valence-corrected chi connectivity index (χ4v) is 5.61. The van der Waals surface area contributed by atoms with Crippen molar-refractivity contribution in [3.05, 3.63) is 34.6 Å². The maximum absolute atomic E-state index is 14.7. The highest BCUT2D eigenvalue weighted by Crippen LogP contribution is 2.43. The molecule has 1 aromatic carbocycles. The van der Waals surface area contributed by atoms with Crippen LogP contribution in [0.4, 0.5) is 4.39 Å². The maximum atomic E-state index is 14.7. The number of benzene rings is 1. The van der Waals surface area contributed by atoms with Crippen molar-refractivity contribution in [2.75, 3.05) is 19.4 Å². The molecule has 0 aromatic heterocycles. The Morgan fingerprint density at radius 3 is 2.26 bits per heavy atom. The number of methoxy groups -OCH3 is 1. The average Bonchev–Trinajstić information content (AvgIpc) is 3.11. The van der Waals surface area contributed by atoms with E-state index in [9.17, 15) is 23.6 Å². The standard InChI is InChI=1S/C22H25ClFNO9S/c1-10(26)31-18-15(34-22(30-4)20(33-12(3)28)19(18)32-11(2)27)8-25-16(29)9-35-21(25)17-13(23)6-5-7-14(17)24/h5-7,15,18-22H,8-9H2,1-4H3/t15-,18-,19+,20-,21-,22+/m1/s1. The van der Waals surface area contributed by atoms with Gasteiger partial charge in [0.05, 0.1) is 12.3 Å². The van der Waals surface area contributed by atoms with Crippen LogP contribution in [0.25, 0.3) is 0 Å². The van der Waals surface area contributed by atoms with Gasteiger partial charge in [0, 0.05) is 38.5 Å². The zero-order chi connectivity index (χ0) is 25.9. The Kier molecular flexibility index (Phi) is 8.97. The molecule has 1 aromatic rings. The molecule has 0 radical (unpaired) electrons. The predicted octanol–water partition coefficient (Wildman–Crippen LogP) is 2.22. The van der Waals surface area contributed by atoms with Crippen LogP contribution in [-0.2, 0) is 42.9 Å². The van der Waals surface area contributed by atoms with Gasteiger partial charge < -0.3 is 28.6 Å². The van der Waals surface area contributed by atoms with Gasteiger partial charge in [0.15, 0.2) is 24.6 Å². The molecule has 1 amide bonds. The number of halogens is 2. The molecule has 2 heterocycles. The summed E-state index contributed by atoms with van der Waals surface area (Å²) in [5.41, 5.74) is 0.127. The number of carbonyl (C=O) groups is 4. The molecule has 2 fully saturated rings. The van der Waals surface area contributed by atoms with Crippen LogP contribution < -0.4 is 0 Å². The summed E-state index contributed by atoms with van der Waals surface area (Å²) in [6.45, 7) is 3.24. The summed E-state index contributed by atoms with van der Waals surface area (Å²) >= 11 is 7.41. The number of amides is 1. The molecule has 2 saturated heterocycles. The molecule has 0 spiro atoms. The number of ether oxygens (including phenoxy) is 5. The van der Waals surface area contributed by atoms with E-state index in [4.69, 9.17) is 35.3 Å². The minimum absolute atomic E-state index is 0.0530. The van der Waals surface area contributed by atoms with Gasteiger partial charge in [0.2, 0.25) is 5.91 Å². The van der Waals surface area contributed by atoms with Crippen LogP contribution in [0, 0.1) is 5.82 Å². The van der Waals surface area contributed by atoms with Gasteiger partial charge in [0.25, 0.3) is 0 Å². The lowest BCUT2D eigenvalue weighted by Crippen LogP contribution is -2.63. The first-order chi connectivity index (χ1) is 16.5. The minimum atomic E-state index is -1.30. The summed E-state index contributed by atoms with van der Waals surface area (Å²) in [5.74, 6) is -3.03. The van der Waals surface area contributed by atoms with Gasteiger partial charge in [-0.15, -0.1) is 11.8 Å². The SMILES string of the molecule is CO[C@H]1O[C@H](CN2C(=O)CS[C@@H]2c2c(F)cccc2Cl)[C@@H](OC(C)=O)[C@H](OC(C)=O)[C@H]1OC(C)=O. The van der Waals surface area contributed by atoms with Crippen LogP contribution in [0.5, 0.6) is 0 Å². The van der Waals surface area contributed by atoms with E-state index in [0.29, 0.717) is 0 Å². The number of hydrogen-bond acceptors (Lipinski definition) is 10. The molecule has 0 saturated carbocycles. The van der Waals surface area contributed by atoms with Crippen molar-refractivity contribution in [2.24, 2.45) is 0 Å². The summed E-state index contributed by atoms with van der Waals surface area (Å²) in [6.07, 6.45) is -6.15. The van der Waals surface area contributed by atoms with Crippen molar-refractivity contribution in [2.45, 2.75) is 56.9 Å². The van der Waals surface area contributed by atoms with E-state index >= 15 is 0 Å². The fraction of sp³-hybridized carbons (Fsp3) is 0.545. The largest absolute Gasteiger partial charge is 0.456 e. The minimum Gasteiger partial charge on any atom is -0.456 e. The molecule has 6 atom stereocenters. The van der Waals surface area contributed by atoms with Crippen molar-refractivity contribution in [1.82, 2.24) is 4.90 Å². The normalized spacial score (nSPS) is 28.5. The monoisotopic (exact) mass is 533 g/mol. The second-order valence-electron chi connectivity index (χ2n) is 7.85. The van der Waals surface area contributed by atoms with E-state index < -0.39 is 59.8 Å². The van der Waals surface area contributed by atoms with Gasteiger partial charge in [-0.05, 0) is 12.1 Å². The van der Waals surface area contributed by atoms with Crippen molar-refractivity contribution < 1.29 is 47.3 Å². The quantitative estimate of drug-likeness (QED) is 0.381. The topological polar surface area (TPSA) is 118 Å². The molecule has 13 heteroatoms. The van der Waals surface area contributed by atoms with Gasteiger partial charge in [0.1, 0.15) is 17.3 Å². The molecule has 2 aliphatic rings. The highest BCUT2D eigenvalue weighted by molar-refractivity contribution is 8.00. The lowest BCUT2D eigenvalue weighted by molar-refractivity contribution is -0.299. The third-order valence-electron chi connectivity index (χ3n) is 5.32. The number of hydrogen-bond donors (Lipinski definition) is 0. The molecule has 10 nitrogen and oxygen atoms in total. The molecule has 0 unspecified atom stereocenters. The molecule has 0 N–H and O–H groups in total. The first-order valence-corrected chi connectivity index (χ1v) is 12.0. The van der Waals surface area contributed by atoms with Crippen LogP contribution >= 0.6 is 23.4 Å². The number of esters is 3. The number of carbonyl (C=O) groups excluding carboxylic acids is 4. The van der Waals surface area contributed by atoms with Crippen LogP contribution in [0.2, 0.25) is 5.02 Å². The zero-order valence-corrected chi connectivity index (χ0v) is 21.0.